The summed E-state index contributed by atoms with van der Waals surface area (Å²) in [4.78, 5) is 13.0. The summed E-state index contributed by atoms with van der Waals surface area (Å²) in [6.07, 6.45) is 2.28. The number of nitrogens with zero attached hydrogens (tertiary/aromatic N) is 2. The lowest BCUT2D eigenvalue weighted by Gasteiger charge is -2.14. The molecule has 0 saturated carbocycles. The van der Waals surface area contributed by atoms with Gasteiger partial charge < -0.3 is 10.1 Å². The molecule has 1 saturated heterocycles. The zero-order chi connectivity index (χ0) is 11.1. The number of hydrogen-bond acceptors (Lipinski definition) is 4. The van der Waals surface area contributed by atoms with Gasteiger partial charge in [0.2, 0.25) is 5.91 Å². The Morgan fingerprint density at radius 2 is 2.53 bits per heavy atom. The van der Waals surface area contributed by atoms with E-state index < -0.39 is 0 Å². The molecule has 5 nitrogen and oxygen atoms in total. The van der Waals surface area contributed by atoms with Crippen LogP contribution >= 0.6 is 0 Å². The topological polar surface area (TPSA) is 65.4 Å². The van der Waals surface area contributed by atoms with Crippen molar-refractivity contribution in [2.45, 2.75) is 18.9 Å². The summed E-state index contributed by atoms with van der Waals surface area (Å²) in [6.45, 7) is 1.92. The van der Waals surface area contributed by atoms with E-state index in [-0.39, 0.29) is 25.1 Å². The third kappa shape index (κ3) is 4.77. The minimum atomic E-state index is -0.0525. The van der Waals surface area contributed by atoms with Gasteiger partial charge in [-0.25, -0.2) is 0 Å². The number of nitrogens with one attached hydrogen (secondary N) is 1. The number of ether oxygens (including phenoxy) is 1. The van der Waals surface area contributed by atoms with Gasteiger partial charge >= 0.3 is 0 Å². The SMILES string of the molecule is CN(CC#N)CC(=O)NCC1CCCO1. The monoisotopic (exact) mass is 211 g/mol. The Kier molecular flexibility index (Phi) is 5.08. The van der Waals surface area contributed by atoms with Crippen molar-refractivity contribution in [3.05, 3.63) is 0 Å². The molecule has 0 aromatic rings. The van der Waals surface area contributed by atoms with Crippen LogP contribution in [0.25, 0.3) is 0 Å². The third-order valence-electron chi connectivity index (χ3n) is 2.31. The van der Waals surface area contributed by atoms with Crippen molar-refractivity contribution in [1.29, 1.82) is 5.26 Å². The lowest BCUT2D eigenvalue weighted by atomic mass is 10.2. The molecule has 0 bridgehead atoms. The van der Waals surface area contributed by atoms with Gasteiger partial charge in [0, 0.05) is 13.2 Å². The first-order chi connectivity index (χ1) is 7.22. The number of rotatable bonds is 5. The maximum absolute atomic E-state index is 11.4. The Morgan fingerprint density at radius 3 is 3.13 bits per heavy atom. The smallest absolute Gasteiger partial charge is 0.234 e. The minimum Gasteiger partial charge on any atom is -0.376 e. The Bertz CT molecular complexity index is 244. The first-order valence-corrected chi connectivity index (χ1v) is 5.16. The van der Waals surface area contributed by atoms with E-state index in [4.69, 9.17) is 10.00 Å². The van der Waals surface area contributed by atoms with Gasteiger partial charge in [-0.1, -0.05) is 0 Å². The molecule has 1 atom stereocenters. The van der Waals surface area contributed by atoms with E-state index in [0.29, 0.717) is 6.54 Å². The number of carbonyl (C=O) groups is 1. The molecule has 1 N–H and O–H groups in total. The van der Waals surface area contributed by atoms with Crippen molar-refractivity contribution in [3.63, 3.8) is 0 Å². The highest BCUT2D eigenvalue weighted by Crippen LogP contribution is 2.10. The number of carbonyl (C=O) groups excluding carboxylic acids is 1. The third-order valence-corrected chi connectivity index (χ3v) is 2.31. The molecule has 1 amide bonds. The fourth-order valence-electron chi connectivity index (χ4n) is 1.51. The molecule has 0 aromatic carbocycles. The summed E-state index contributed by atoms with van der Waals surface area (Å²) >= 11 is 0. The van der Waals surface area contributed by atoms with E-state index in [1.807, 2.05) is 6.07 Å². The molecular weight excluding hydrogens is 194 g/mol. The van der Waals surface area contributed by atoms with Crippen molar-refractivity contribution < 1.29 is 9.53 Å². The predicted molar refractivity (Wildman–Crippen MR) is 55.1 cm³/mol. The lowest BCUT2D eigenvalue weighted by molar-refractivity contribution is -0.122. The Balaban J connectivity index is 2.10. The highest BCUT2D eigenvalue weighted by atomic mass is 16.5. The molecule has 15 heavy (non-hydrogen) atoms. The number of hydrogen-bond donors (Lipinski definition) is 1. The van der Waals surface area contributed by atoms with Crippen molar-refractivity contribution in [3.8, 4) is 6.07 Å². The van der Waals surface area contributed by atoms with E-state index in [9.17, 15) is 4.79 Å². The van der Waals surface area contributed by atoms with E-state index in [1.165, 1.54) is 0 Å². The van der Waals surface area contributed by atoms with Gasteiger partial charge in [0.25, 0.3) is 0 Å². The van der Waals surface area contributed by atoms with Crippen LogP contribution in [-0.2, 0) is 9.53 Å². The molecule has 0 radical (unpaired) electrons. The minimum absolute atomic E-state index is 0.0525. The molecule has 1 unspecified atom stereocenters. The standard InChI is InChI=1S/C10H17N3O2/c1-13(5-4-11)8-10(14)12-7-9-3-2-6-15-9/h9H,2-3,5-8H2,1H3,(H,12,14). The van der Waals surface area contributed by atoms with E-state index in [1.54, 1.807) is 11.9 Å². The summed E-state index contributed by atoms with van der Waals surface area (Å²) in [5.74, 6) is -0.0525. The zero-order valence-electron chi connectivity index (χ0n) is 9.03. The second kappa shape index (κ2) is 6.38. The first kappa shape index (κ1) is 12.0. The van der Waals surface area contributed by atoms with Crippen LogP contribution in [0.1, 0.15) is 12.8 Å². The molecule has 1 aliphatic heterocycles. The van der Waals surface area contributed by atoms with E-state index in [0.717, 1.165) is 19.4 Å². The number of nitriles is 1. The molecule has 5 heteroatoms. The van der Waals surface area contributed by atoms with Crippen molar-refractivity contribution in [2.75, 3.05) is 33.3 Å². The Hall–Kier alpha value is -1.12. The molecule has 1 heterocycles. The van der Waals surface area contributed by atoms with E-state index in [2.05, 4.69) is 5.32 Å². The van der Waals surface area contributed by atoms with Gasteiger partial charge in [-0.05, 0) is 19.9 Å². The quantitative estimate of drug-likeness (QED) is 0.636. The Morgan fingerprint density at radius 1 is 1.73 bits per heavy atom. The maximum Gasteiger partial charge on any atom is 0.234 e. The van der Waals surface area contributed by atoms with Crippen LogP contribution in [0.2, 0.25) is 0 Å². The second-order valence-electron chi connectivity index (χ2n) is 3.77. The number of likely N-dealkylation sites (N-methyl/N-ethyl adjacent to an activating group) is 1. The highest BCUT2D eigenvalue weighted by molar-refractivity contribution is 5.78. The zero-order valence-corrected chi connectivity index (χ0v) is 9.03. The summed E-state index contributed by atoms with van der Waals surface area (Å²) < 4.78 is 5.38. The molecule has 1 fully saturated rings. The Labute approximate surface area is 90.0 Å². The summed E-state index contributed by atoms with van der Waals surface area (Å²) in [7, 11) is 1.74. The van der Waals surface area contributed by atoms with Crippen LogP contribution in [0.3, 0.4) is 0 Å². The lowest BCUT2D eigenvalue weighted by Crippen LogP contribution is -2.38. The van der Waals surface area contributed by atoms with Crippen LogP contribution in [0, 0.1) is 11.3 Å². The highest BCUT2D eigenvalue weighted by Gasteiger charge is 2.16. The summed E-state index contributed by atoms with van der Waals surface area (Å²) in [5, 5.41) is 11.2. The predicted octanol–water partition coefficient (Wildman–Crippen LogP) is -0.263. The summed E-state index contributed by atoms with van der Waals surface area (Å²) in [6, 6.07) is 1.99. The van der Waals surface area contributed by atoms with Crippen LogP contribution in [0.4, 0.5) is 0 Å². The molecule has 0 aromatic heterocycles. The van der Waals surface area contributed by atoms with Crippen LogP contribution in [0.5, 0.6) is 0 Å². The molecule has 1 aliphatic rings. The fourth-order valence-corrected chi connectivity index (χ4v) is 1.51. The van der Waals surface area contributed by atoms with Crippen molar-refractivity contribution in [1.82, 2.24) is 10.2 Å². The van der Waals surface area contributed by atoms with Gasteiger partial charge in [0.15, 0.2) is 0 Å². The average molecular weight is 211 g/mol. The largest absolute Gasteiger partial charge is 0.376 e. The van der Waals surface area contributed by atoms with Crippen LogP contribution < -0.4 is 5.32 Å². The van der Waals surface area contributed by atoms with Crippen molar-refractivity contribution >= 4 is 5.91 Å². The van der Waals surface area contributed by atoms with E-state index >= 15 is 0 Å². The number of amides is 1. The normalized spacial score (nSPS) is 20.2. The molecule has 0 spiro atoms. The summed E-state index contributed by atoms with van der Waals surface area (Å²) in [5.41, 5.74) is 0. The van der Waals surface area contributed by atoms with Gasteiger partial charge in [-0.15, -0.1) is 0 Å². The van der Waals surface area contributed by atoms with Crippen LogP contribution in [-0.4, -0.2) is 50.2 Å². The van der Waals surface area contributed by atoms with Crippen molar-refractivity contribution in [2.24, 2.45) is 0 Å². The first-order valence-electron chi connectivity index (χ1n) is 5.16. The molecular formula is C10H17N3O2. The van der Waals surface area contributed by atoms with Crippen LogP contribution in [0.15, 0.2) is 0 Å². The van der Waals surface area contributed by atoms with Gasteiger partial charge in [-0.3, -0.25) is 9.69 Å². The van der Waals surface area contributed by atoms with Gasteiger partial charge in [-0.2, -0.15) is 5.26 Å². The van der Waals surface area contributed by atoms with Gasteiger partial charge in [0.05, 0.1) is 25.3 Å². The average Bonchev–Trinajstić information content (AvgIpc) is 2.67. The molecule has 1 rings (SSSR count). The second-order valence-corrected chi connectivity index (χ2v) is 3.77. The van der Waals surface area contributed by atoms with Gasteiger partial charge in [0.1, 0.15) is 0 Å². The molecule has 0 aliphatic carbocycles. The maximum atomic E-state index is 11.4. The molecule has 84 valence electrons. The fraction of sp³-hybridized carbons (Fsp3) is 0.800.